The Hall–Kier alpha value is -0.700. The van der Waals surface area contributed by atoms with Crippen LogP contribution in [-0.2, 0) is 0 Å². The van der Waals surface area contributed by atoms with Crippen molar-refractivity contribution in [3.8, 4) is 0 Å². The highest BCUT2D eigenvalue weighted by Gasteiger charge is 2.25. The third-order valence-corrected chi connectivity index (χ3v) is 4.92. The van der Waals surface area contributed by atoms with Crippen molar-refractivity contribution in [2.75, 3.05) is 0 Å². The maximum atomic E-state index is 5.33. The number of rotatable bonds is 2. The second kappa shape index (κ2) is 5.52. The van der Waals surface area contributed by atoms with Gasteiger partial charge in [0.15, 0.2) is 0 Å². The number of nitrogens with one attached hydrogen (secondary N) is 1. The van der Waals surface area contributed by atoms with Gasteiger partial charge in [-0.25, -0.2) is 4.98 Å². The van der Waals surface area contributed by atoms with Crippen LogP contribution in [0.5, 0.6) is 0 Å². The molecule has 1 saturated carbocycles. The second-order valence-corrected chi connectivity index (χ2v) is 6.42. The molecule has 0 unspecified atom stereocenters. The Morgan fingerprint density at radius 3 is 2.28 bits per heavy atom. The number of aromatic nitrogens is 2. The minimum atomic E-state index is 0.584. The van der Waals surface area contributed by atoms with Crippen molar-refractivity contribution in [1.82, 2.24) is 9.97 Å². The molecule has 0 saturated heterocycles. The molecule has 0 spiro atoms. The van der Waals surface area contributed by atoms with Crippen molar-refractivity contribution in [2.24, 2.45) is 11.8 Å². The van der Waals surface area contributed by atoms with Gasteiger partial charge in [-0.3, -0.25) is 0 Å². The highest BCUT2D eigenvalue weighted by Crippen LogP contribution is 2.37. The molecule has 0 amide bonds. The zero-order valence-corrected chi connectivity index (χ0v) is 12.7. The van der Waals surface area contributed by atoms with Crippen LogP contribution in [0, 0.1) is 30.3 Å². The highest BCUT2D eigenvalue weighted by molar-refractivity contribution is 7.71. The summed E-state index contributed by atoms with van der Waals surface area (Å²) < 4.78 is 0.771. The van der Waals surface area contributed by atoms with Gasteiger partial charge >= 0.3 is 0 Å². The van der Waals surface area contributed by atoms with E-state index in [1.807, 2.05) is 6.92 Å². The number of aryl methyl sites for hydroxylation is 1. The van der Waals surface area contributed by atoms with Crippen LogP contribution < -0.4 is 0 Å². The Morgan fingerprint density at radius 2 is 1.78 bits per heavy atom. The van der Waals surface area contributed by atoms with E-state index in [0.717, 1.165) is 27.9 Å². The molecule has 0 aromatic carbocycles. The maximum absolute atomic E-state index is 5.33. The summed E-state index contributed by atoms with van der Waals surface area (Å²) in [6, 6.07) is 0. The number of hydrogen-bond acceptors (Lipinski definition) is 2. The van der Waals surface area contributed by atoms with E-state index in [2.05, 4.69) is 30.7 Å². The molecule has 0 bridgehead atoms. The quantitative estimate of drug-likeness (QED) is 0.785. The Balaban J connectivity index is 2.13. The molecule has 18 heavy (non-hydrogen) atoms. The minimum absolute atomic E-state index is 0.584. The van der Waals surface area contributed by atoms with Crippen molar-refractivity contribution < 1.29 is 0 Å². The Labute approximate surface area is 115 Å². The first-order valence-corrected chi connectivity index (χ1v) is 7.47. The van der Waals surface area contributed by atoms with Crippen LogP contribution >= 0.6 is 12.2 Å². The van der Waals surface area contributed by atoms with E-state index in [1.54, 1.807) is 0 Å². The molecule has 1 heterocycles. The molecule has 1 aromatic rings. The zero-order valence-electron chi connectivity index (χ0n) is 11.9. The van der Waals surface area contributed by atoms with Crippen LogP contribution in [0.15, 0.2) is 0 Å². The van der Waals surface area contributed by atoms with Crippen LogP contribution in [0.2, 0.25) is 0 Å². The van der Waals surface area contributed by atoms with E-state index in [0.29, 0.717) is 5.92 Å². The molecule has 1 aliphatic rings. The smallest absolute Gasteiger partial charge is 0.132 e. The van der Waals surface area contributed by atoms with Crippen LogP contribution in [-0.4, -0.2) is 9.97 Å². The van der Waals surface area contributed by atoms with E-state index in [1.165, 1.54) is 31.4 Å². The summed E-state index contributed by atoms with van der Waals surface area (Å²) in [6.07, 6.45) is 5.17. The summed E-state index contributed by atoms with van der Waals surface area (Å²) in [5.41, 5.74) is 2.29. The number of H-pyrrole nitrogens is 1. The molecule has 1 fully saturated rings. The second-order valence-electron chi connectivity index (χ2n) is 6.03. The fraction of sp³-hybridized carbons (Fsp3) is 0.733. The van der Waals surface area contributed by atoms with Crippen LogP contribution in [0.3, 0.4) is 0 Å². The monoisotopic (exact) mass is 264 g/mol. The lowest BCUT2D eigenvalue weighted by Gasteiger charge is -2.30. The molecule has 0 aliphatic heterocycles. The molecule has 2 rings (SSSR count). The van der Waals surface area contributed by atoms with E-state index in [4.69, 9.17) is 12.2 Å². The molecule has 0 radical (unpaired) electrons. The van der Waals surface area contributed by atoms with Gasteiger partial charge < -0.3 is 4.98 Å². The van der Waals surface area contributed by atoms with Crippen LogP contribution in [0.25, 0.3) is 0 Å². The van der Waals surface area contributed by atoms with Crippen molar-refractivity contribution in [3.63, 3.8) is 0 Å². The molecule has 1 aromatic heterocycles. The topological polar surface area (TPSA) is 28.7 Å². The van der Waals surface area contributed by atoms with E-state index in [-0.39, 0.29) is 0 Å². The van der Waals surface area contributed by atoms with Gasteiger partial charge in [0.05, 0.1) is 0 Å². The van der Waals surface area contributed by atoms with Gasteiger partial charge in [0.1, 0.15) is 10.5 Å². The van der Waals surface area contributed by atoms with E-state index >= 15 is 0 Å². The van der Waals surface area contributed by atoms with Gasteiger partial charge in [0.25, 0.3) is 0 Å². The Bertz CT molecular complexity index is 468. The summed E-state index contributed by atoms with van der Waals surface area (Å²) >= 11 is 5.33. The van der Waals surface area contributed by atoms with Crippen molar-refractivity contribution in [1.29, 1.82) is 0 Å². The largest absolute Gasteiger partial charge is 0.347 e. The predicted molar refractivity (Wildman–Crippen MR) is 78.4 cm³/mol. The van der Waals surface area contributed by atoms with Crippen molar-refractivity contribution >= 4 is 12.2 Å². The van der Waals surface area contributed by atoms with Crippen molar-refractivity contribution in [2.45, 2.75) is 59.3 Å². The fourth-order valence-corrected chi connectivity index (χ4v) is 3.17. The fourth-order valence-electron chi connectivity index (χ4n) is 2.92. The van der Waals surface area contributed by atoms with Gasteiger partial charge in [-0.1, -0.05) is 26.1 Å². The summed E-state index contributed by atoms with van der Waals surface area (Å²) in [4.78, 5) is 8.04. The molecular weight excluding hydrogens is 240 g/mol. The summed E-state index contributed by atoms with van der Waals surface area (Å²) in [7, 11) is 0. The average molecular weight is 264 g/mol. The Kier molecular flexibility index (Phi) is 4.21. The normalized spacial score (nSPS) is 24.5. The predicted octanol–water partition coefficient (Wildman–Crippen LogP) is 4.69. The average Bonchev–Trinajstić information content (AvgIpc) is 2.35. The standard InChI is InChI=1S/C15H24N2S/c1-9(2)12-5-7-13(8-6-12)14-16-11(4)10(3)15(18)17-14/h9,12-13H,5-8H2,1-4H3,(H,16,17,18). The van der Waals surface area contributed by atoms with Gasteiger partial charge in [-0.05, 0) is 51.4 Å². The third-order valence-electron chi connectivity index (χ3n) is 4.52. The van der Waals surface area contributed by atoms with Crippen molar-refractivity contribution in [3.05, 3.63) is 21.7 Å². The van der Waals surface area contributed by atoms with Gasteiger partial charge in [0, 0.05) is 17.2 Å². The first-order valence-electron chi connectivity index (χ1n) is 7.06. The minimum Gasteiger partial charge on any atom is -0.347 e. The van der Waals surface area contributed by atoms with Crippen LogP contribution in [0.1, 0.15) is 62.5 Å². The lowest BCUT2D eigenvalue weighted by atomic mass is 9.76. The SMILES string of the molecule is Cc1[nH]c(C2CCC(C(C)C)CC2)nc(=S)c1C. The first-order chi connectivity index (χ1) is 8.49. The molecular formula is C15H24N2S. The molecule has 100 valence electrons. The van der Waals surface area contributed by atoms with Gasteiger partial charge in [0.2, 0.25) is 0 Å². The highest BCUT2D eigenvalue weighted by atomic mass is 32.1. The summed E-state index contributed by atoms with van der Waals surface area (Å²) in [5, 5.41) is 0. The molecule has 1 aliphatic carbocycles. The van der Waals surface area contributed by atoms with E-state index < -0.39 is 0 Å². The zero-order chi connectivity index (χ0) is 13.3. The molecule has 0 atom stereocenters. The van der Waals surface area contributed by atoms with Crippen LogP contribution in [0.4, 0.5) is 0 Å². The molecule has 1 N–H and O–H groups in total. The lowest BCUT2D eigenvalue weighted by Crippen LogP contribution is -2.19. The van der Waals surface area contributed by atoms with E-state index in [9.17, 15) is 0 Å². The molecule has 3 heteroatoms. The first kappa shape index (κ1) is 13.7. The lowest BCUT2D eigenvalue weighted by molar-refractivity contribution is 0.254. The van der Waals surface area contributed by atoms with Gasteiger partial charge in [-0.2, -0.15) is 0 Å². The third kappa shape index (κ3) is 2.82. The Morgan fingerprint density at radius 1 is 1.17 bits per heavy atom. The number of hydrogen-bond donors (Lipinski definition) is 1. The number of aromatic amines is 1. The summed E-state index contributed by atoms with van der Waals surface area (Å²) in [5.74, 6) is 3.42. The van der Waals surface area contributed by atoms with Gasteiger partial charge in [-0.15, -0.1) is 0 Å². The summed E-state index contributed by atoms with van der Waals surface area (Å²) in [6.45, 7) is 8.82. The maximum Gasteiger partial charge on any atom is 0.132 e. The molecule has 2 nitrogen and oxygen atoms in total. The number of nitrogens with zero attached hydrogens (tertiary/aromatic N) is 1.